The van der Waals surface area contributed by atoms with Crippen molar-refractivity contribution in [1.82, 2.24) is 9.47 Å². The molecule has 22 heavy (non-hydrogen) atoms. The molecule has 1 aliphatic heterocycles. The van der Waals surface area contributed by atoms with Crippen molar-refractivity contribution in [2.75, 3.05) is 18.8 Å². The number of carbonyl (C=O) groups excluding carboxylic acids is 1. The zero-order chi connectivity index (χ0) is 15.4. The first-order valence-electron chi connectivity index (χ1n) is 7.58. The fourth-order valence-electron chi connectivity index (χ4n) is 2.80. The highest BCUT2D eigenvalue weighted by molar-refractivity contribution is 7.84. The Morgan fingerprint density at radius 3 is 2.45 bits per heavy atom. The van der Waals surface area contributed by atoms with E-state index < -0.39 is 10.8 Å². The molecule has 1 aliphatic rings. The number of hydrogen-bond acceptors (Lipinski definition) is 2. The minimum Gasteiger partial charge on any atom is -0.342 e. The van der Waals surface area contributed by atoms with Crippen LogP contribution in [0.2, 0.25) is 0 Å². The molecule has 0 bridgehead atoms. The van der Waals surface area contributed by atoms with E-state index in [-0.39, 0.29) is 11.7 Å². The van der Waals surface area contributed by atoms with E-state index in [2.05, 4.69) is 0 Å². The van der Waals surface area contributed by atoms with Crippen molar-refractivity contribution < 1.29 is 9.00 Å². The molecule has 2 heterocycles. The summed E-state index contributed by atoms with van der Waals surface area (Å²) in [6, 6.07) is 11.8. The molecule has 0 radical (unpaired) electrons. The standard InChI is InChI=1S/C17H20N2O2S/c20-17(19-11-5-6-12-19)14-22(21)13-15-7-1-2-8-16(15)18-9-3-4-10-18/h1-4,7-10H,5-6,11-14H2. The van der Waals surface area contributed by atoms with Gasteiger partial charge in [-0.2, -0.15) is 0 Å². The highest BCUT2D eigenvalue weighted by Crippen LogP contribution is 2.17. The first-order chi connectivity index (χ1) is 10.7. The first-order valence-corrected chi connectivity index (χ1v) is 9.07. The third kappa shape index (κ3) is 3.47. The Morgan fingerprint density at radius 2 is 1.73 bits per heavy atom. The van der Waals surface area contributed by atoms with E-state index in [9.17, 15) is 9.00 Å². The predicted octanol–water partition coefficient (Wildman–Crippen LogP) is 2.35. The minimum absolute atomic E-state index is 0.0225. The van der Waals surface area contributed by atoms with Crippen molar-refractivity contribution in [2.45, 2.75) is 18.6 Å². The molecule has 3 rings (SSSR count). The van der Waals surface area contributed by atoms with E-state index >= 15 is 0 Å². The molecule has 1 aromatic carbocycles. The van der Waals surface area contributed by atoms with Crippen LogP contribution in [-0.4, -0.2) is 38.4 Å². The predicted molar refractivity (Wildman–Crippen MR) is 88.3 cm³/mol. The Labute approximate surface area is 133 Å². The largest absolute Gasteiger partial charge is 0.342 e. The summed E-state index contributed by atoms with van der Waals surface area (Å²) in [5.74, 6) is 0.558. The molecule has 4 nitrogen and oxygen atoms in total. The van der Waals surface area contributed by atoms with Gasteiger partial charge in [-0.25, -0.2) is 0 Å². The summed E-state index contributed by atoms with van der Waals surface area (Å²) in [7, 11) is -1.17. The van der Waals surface area contributed by atoms with E-state index in [4.69, 9.17) is 0 Å². The number of amides is 1. The lowest BCUT2D eigenvalue weighted by molar-refractivity contribution is -0.127. The summed E-state index contributed by atoms with van der Waals surface area (Å²) in [6.45, 7) is 1.63. The quantitative estimate of drug-likeness (QED) is 0.850. The number of rotatable bonds is 5. The second kappa shape index (κ2) is 6.92. The van der Waals surface area contributed by atoms with Crippen LogP contribution in [-0.2, 0) is 21.3 Å². The van der Waals surface area contributed by atoms with Gasteiger partial charge >= 0.3 is 0 Å². The second-order valence-electron chi connectivity index (χ2n) is 5.54. The molecule has 1 atom stereocenters. The molecule has 1 amide bonds. The van der Waals surface area contributed by atoms with Crippen LogP contribution in [0.3, 0.4) is 0 Å². The lowest BCUT2D eigenvalue weighted by Crippen LogP contribution is -2.32. The van der Waals surface area contributed by atoms with E-state index in [1.165, 1.54) is 0 Å². The monoisotopic (exact) mass is 316 g/mol. The molecule has 0 spiro atoms. The highest BCUT2D eigenvalue weighted by Gasteiger charge is 2.20. The van der Waals surface area contributed by atoms with Gasteiger partial charge in [0.2, 0.25) is 5.91 Å². The lowest BCUT2D eigenvalue weighted by Gasteiger charge is -2.15. The molecule has 1 aromatic heterocycles. The van der Waals surface area contributed by atoms with Crippen molar-refractivity contribution in [3.63, 3.8) is 0 Å². The van der Waals surface area contributed by atoms with Gasteiger partial charge in [-0.1, -0.05) is 18.2 Å². The van der Waals surface area contributed by atoms with Crippen LogP contribution in [0.1, 0.15) is 18.4 Å². The number of para-hydroxylation sites is 1. The van der Waals surface area contributed by atoms with Crippen molar-refractivity contribution in [1.29, 1.82) is 0 Å². The van der Waals surface area contributed by atoms with Crippen molar-refractivity contribution in [3.8, 4) is 5.69 Å². The molecule has 0 aliphatic carbocycles. The number of likely N-dealkylation sites (tertiary alicyclic amines) is 1. The normalized spacial score (nSPS) is 15.9. The molecular weight excluding hydrogens is 296 g/mol. The Kier molecular flexibility index (Phi) is 4.73. The average molecular weight is 316 g/mol. The summed E-state index contributed by atoms with van der Waals surface area (Å²) in [4.78, 5) is 13.9. The van der Waals surface area contributed by atoms with Crippen LogP contribution in [0, 0.1) is 0 Å². The van der Waals surface area contributed by atoms with Crippen molar-refractivity contribution in [2.24, 2.45) is 0 Å². The summed E-state index contributed by atoms with van der Waals surface area (Å²) < 4.78 is 14.4. The lowest BCUT2D eigenvalue weighted by atomic mass is 10.2. The zero-order valence-corrected chi connectivity index (χ0v) is 13.3. The molecule has 0 saturated carbocycles. The van der Waals surface area contributed by atoms with Gasteiger partial charge in [-0.3, -0.25) is 9.00 Å². The average Bonchev–Trinajstić information content (AvgIpc) is 3.21. The van der Waals surface area contributed by atoms with E-state index in [0.29, 0.717) is 5.75 Å². The molecule has 2 aromatic rings. The zero-order valence-electron chi connectivity index (χ0n) is 12.5. The molecule has 116 valence electrons. The molecular formula is C17H20N2O2S. The van der Waals surface area contributed by atoms with Gasteiger partial charge in [0.05, 0.1) is 5.75 Å². The van der Waals surface area contributed by atoms with Gasteiger partial charge in [0, 0.05) is 42.0 Å². The molecule has 1 saturated heterocycles. The van der Waals surface area contributed by atoms with E-state index in [1.54, 1.807) is 0 Å². The van der Waals surface area contributed by atoms with E-state index in [1.807, 2.05) is 58.3 Å². The minimum atomic E-state index is -1.17. The van der Waals surface area contributed by atoms with Crippen molar-refractivity contribution in [3.05, 3.63) is 54.4 Å². The Bertz CT molecular complexity index is 661. The van der Waals surface area contributed by atoms with Gasteiger partial charge in [0.25, 0.3) is 0 Å². The summed E-state index contributed by atoms with van der Waals surface area (Å²) in [5, 5.41) is 0. The molecule has 5 heteroatoms. The number of aromatic nitrogens is 1. The van der Waals surface area contributed by atoms with Crippen molar-refractivity contribution >= 4 is 16.7 Å². The highest BCUT2D eigenvalue weighted by atomic mass is 32.2. The smallest absolute Gasteiger partial charge is 0.235 e. The number of hydrogen-bond donors (Lipinski definition) is 0. The van der Waals surface area contributed by atoms with E-state index in [0.717, 1.165) is 37.2 Å². The van der Waals surface area contributed by atoms with Gasteiger partial charge in [-0.05, 0) is 36.6 Å². The van der Waals surface area contributed by atoms with Gasteiger partial charge < -0.3 is 9.47 Å². The fourth-order valence-corrected chi connectivity index (χ4v) is 3.95. The molecule has 1 fully saturated rings. The molecule has 0 N–H and O–H groups in total. The first kappa shape index (κ1) is 15.0. The second-order valence-corrected chi connectivity index (χ2v) is 6.99. The van der Waals surface area contributed by atoms with Gasteiger partial charge in [0.1, 0.15) is 5.75 Å². The third-order valence-electron chi connectivity index (χ3n) is 3.93. The topological polar surface area (TPSA) is 42.3 Å². The van der Waals surface area contributed by atoms with Crippen LogP contribution in [0.25, 0.3) is 5.69 Å². The Hall–Kier alpha value is -1.88. The number of benzene rings is 1. The van der Waals surface area contributed by atoms with Crippen LogP contribution in [0.15, 0.2) is 48.8 Å². The molecule has 1 unspecified atom stereocenters. The maximum absolute atomic E-state index is 12.4. The van der Waals surface area contributed by atoms with Crippen LogP contribution < -0.4 is 0 Å². The van der Waals surface area contributed by atoms with Crippen LogP contribution >= 0.6 is 0 Å². The van der Waals surface area contributed by atoms with Crippen LogP contribution in [0.4, 0.5) is 0 Å². The third-order valence-corrected chi connectivity index (χ3v) is 5.14. The summed E-state index contributed by atoms with van der Waals surface area (Å²) in [5.41, 5.74) is 2.03. The maximum atomic E-state index is 12.4. The summed E-state index contributed by atoms with van der Waals surface area (Å²) in [6.07, 6.45) is 6.07. The fraction of sp³-hybridized carbons (Fsp3) is 0.353. The number of nitrogens with zero attached hydrogens (tertiary/aromatic N) is 2. The Morgan fingerprint density at radius 1 is 1.05 bits per heavy atom. The SMILES string of the molecule is O=C(CS(=O)Cc1ccccc1-n1cccc1)N1CCCC1. The van der Waals surface area contributed by atoms with Crippen LogP contribution in [0.5, 0.6) is 0 Å². The van der Waals surface area contributed by atoms with Gasteiger partial charge in [0.15, 0.2) is 0 Å². The number of carbonyl (C=O) groups is 1. The van der Waals surface area contributed by atoms with Gasteiger partial charge in [-0.15, -0.1) is 0 Å². The Balaban J connectivity index is 1.68. The maximum Gasteiger partial charge on any atom is 0.235 e. The summed E-state index contributed by atoms with van der Waals surface area (Å²) >= 11 is 0.